The number of benzene rings is 1. The molecule has 2 fully saturated rings. The molecule has 2 aliphatic heterocycles. The van der Waals surface area contributed by atoms with E-state index in [9.17, 15) is 9.59 Å². The van der Waals surface area contributed by atoms with Gasteiger partial charge in [-0.1, -0.05) is 37.3 Å². The number of piperidine rings is 1. The molecular formula is C19H27N3O2. The summed E-state index contributed by atoms with van der Waals surface area (Å²) in [7, 11) is 0. The van der Waals surface area contributed by atoms with Crippen molar-refractivity contribution < 1.29 is 9.59 Å². The van der Waals surface area contributed by atoms with Crippen molar-refractivity contribution in [3.63, 3.8) is 0 Å². The Kier molecular flexibility index (Phi) is 5.19. The highest BCUT2D eigenvalue weighted by atomic mass is 16.2. The third-order valence-corrected chi connectivity index (χ3v) is 5.53. The highest BCUT2D eigenvalue weighted by Gasteiger charge is 2.38. The van der Waals surface area contributed by atoms with Gasteiger partial charge in [0.25, 0.3) is 0 Å². The van der Waals surface area contributed by atoms with Crippen molar-refractivity contribution in [3.8, 4) is 0 Å². The summed E-state index contributed by atoms with van der Waals surface area (Å²) in [5.74, 6) is 0.0649. The zero-order chi connectivity index (χ0) is 17.1. The van der Waals surface area contributed by atoms with E-state index in [1.54, 1.807) is 0 Å². The first-order valence-electron chi connectivity index (χ1n) is 8.97. The van der Waals surface area contributed by atoms with Crippen molar-refractivity contribution in [2.24, 2.45) is 11.7 Å². The van der Waals surface area contributed by atoms with Gasteiger partial charge >= 0.3 is 0 Å². The first-order chi connectivity index (χ1) is 11.6. The van der Waals surface area contributed by atoms with E-state index in [0.29, 0.717) is 6.04 Å². The summed E-state index contributed by atoms with van der Waals surface area (Å²) in [4.78, 5) is 28.4. The zero-order valence-corrected chi connectivity index (χ0v) is 14.4. The molecule has 2 heterocycles. The maximum absolute atomic E-state index is 12.8. The van der Waals surface area contributed by atoms with E-state index < -0.39 is 0 Å². The molecule has 2 amide bonds. The van der Waals surface area contributed by atoms with E-state index in [1.807, 2.05) is 35.2 Å². The molecule has 0 spiro atoms. The predicted octanol–water partition coefficient (Wildman–Crippen LogP) is 1.59. The number of nitrogens with zero attached hydrogens (tertiary/aromatic N) is 2. The minimum Gasteiger partial charge on any atom is -0.369 e. The van der Waals surface area contributed by atoms with Gasteiger partial charge in [-0.05, 0) is 37.9 Å². The maximum atomic E-state index is 12.8. The third-order valence-electron chi connectivity index (χ3n) is 5.53. The van der Waals surface area contributed by atoms with Crippen LogP contribution in [0.15, 0.2) is 30.3 Å². The minimum atomic E-state index is -0.172. The summed E-state index contributed by atoms with van der Waals surface area (Å²) in [5.41, 5.74) is 6.50. The minimum absolute atomic E-state index is 0.0293. The molecule has 0 aromatic heterocycles. The van der Waals surface area contributed by atoms with E-state index in [4.69, 9.17) is 5.73 Å². The summed E-state index contributed by atoms with van der Waals surface area (Å²) in [6.45, 7) is 5.51. The number of hydrogen-bond acceptors (Lipinski definition) is 3. The molecule has 5 heteroatoms. The molecule has 2 saturated heterocycles. The number of carbonyl (C=O) groups is 2. The third kappa shape index (κ3) is 3.46. The molecule has 0 bridgehead atoms. The van der Waals surface area contributed by atoms with Crippen molar-refractivity contribution in [2.45, 2.75) is 38.1 Å². The molecule has 0 aliphatic carbocycles. The fourth-order valence-corrected chi connectivity index (χ4v) is 3.87. The molecule has 1 aromatic rings. The van der Waals surface area contributed by atoms with Crippen LogP contribution in [0.4, 0.5) is 0 Å². The van der Waals surface area contributed by atoms with Crippen LogP contribution < -0.4 is 5.73 Å². The van der Waals surface area contributed by atoms with Crippen LogP contribution in [-0.4, -0.2) is 53.8 Å². The van der Waals surface area contributed by atoms with Crippen molar-refractivity contribution in [1.82, 2.24) is 9.80 Å². The second-order valence-electron chi connectivity index (χ2n) is 6.98. The SMILES string of the molecule is CCC(C(=O)N1CC(N2CCC(C(N)=O)CC2)C1)c1ccccc1. The fourth-order valence-electron chi connectivity index (χ4n) is 3.87. The summed E-state index contributed by atoms with van der Waals surface area (Å²) in [6, 6.07) is 10.5. The number of hydrogen-bond donors (Lipinski definition) is 1. The normalized spacial score (nSPS) is 21.3. The summed E-state index contributed by atoms with van der Waals surface area (Å²) in [5, 5.41) is 0. The molecule has 1 atom stereocenters. The monoisotopic (exact) mass is 329 g/mol. The number of amides is 2. The molecule has 1 unspecified atom stereocenters. The molecule has 130 valence electrons. The number of primary amides is 1. The van der Waals surface area contributed by atoms with Gasteiger partial charge in [-0.2, -0.15) is 0 Å². The van der Waals surface area contributed by atoms with Crippen molar-refractivity contribution >= 4 is 11.8 Å². The van der Waals surface area contributed by atoms with E-state index >= 15 is 0 Å². The van der Waals surface area contributed by atoms with Crippen LogP contribution in [0.5, 0.6) is 0 Å². The van der Waals surface area contributed by atoms with E-state index in [2.05, 4.69) is 11.8 Å². The maximum Gasteiger partial charge on any atom is 0.230 e. The average Bonchev–Trinajstić information content (AvgIpc) is 2.55. The Morgan fingerprint density at radius 1 is 1.17 bits per heavy atom. The van der Waals surface area contributed by atoms with Crippen LogP contribution in [0.25, 0.3) is 0 Å². The molecular weight excluding hydrogens is 302 g/mol. The van der Waals surface area contributed by atoms with Gasteiger partial charge in [-0.15, -0.1) is 0 Å². The standard InChI is InChI=1S/C19H27N3O2/c1-2-17(14-6-4-3-5-7-14)19(24)22-12-16(13-22)21-10-8-15(9-11-21)18(20)23/h3-7,15-17H,2,8-13H2,1H3,(H2,20,23). The Morgan fingerprint density at radius 3 is 2.33 bits per heavy atom. The van der Waals surface area contributed by atoms with Crippen molar-refractivity contribution in [3.05, 3.63) is 35.9 Å². The Hall–Kier alpha value is -1.88. The van der Waals surface area contributed by atoms with Gasteiger partial charge in [0.15, 0.2) is 0 Å². The predicted molar refractivity (Wildman–Crippen MR) is 93.3 cm³/mol. The number of rotatable bonds is 5. The molecule has 2 aliphatic rings. The summed E-state index contributed by atoms with van der Waals surface area (Å²) < 4.78 is 0. The van der Waals surface area contributed by atoms with E-state index in [-0.39, 0.29) is 23.7 Å². The lowest BCUT2D eigenvalue weighted by atomic mass is 9.91. The van der Waals surface area contributed by atoms with Gasteiger partial charge in [-0.3, -0.25) is 14.5 Å². The zero-order valence-electron chi connectivity index (χ0n) is 14.4. The Labute approximate surface area is 143 Å². The van der Waals surface area contributed by atoms with Crippen LogP contribution in [0.3, 0.4) is 0 Å². The molecule has 24 heavy (non-hydrogen) atoms. The van der Waals surface area contributed by atoms with Crippen molar-refractivity contribution in [1.29, 1.82) is 0 Å². The van der Waals surface area contributed by atoms with Crippen LogP contribution in [-0.2, 0) is 9.59 Å². The van der Waals surface area contributed by atoms with Gasteiger partial charge in [0.05, 0.1) is 5.92 Å². The quantitative estimate of drug-likeness (QED) is 0.892. The van der Waals surface area contributed by atoms with Gasteiger partial charge in [-0.25, -0.2) is 0 Å². The number of carbonyl (C=O) groups excluding carboxylic acids is 2. The van der Waals surface area contributed by atoms with Gasteiger partial charge in [0.1, 0.15) is 0 Å². The molecule has 2 N–H and O–H groups in total. The highest BCUT2D eigenvalue weighted by Crippen LogP contribution is 2.28. The second-order valence-corrected chi connectivity index (χ2v) is 6.98. The lowest BCUT2D eigenvalue weighted by Gasteiger charge is -2.48. The van der Waals surface area contributed by atoms with Crippen LogP contribution in [0.2, 0.25) is 0 Å². The lowest BCUT2D eigenvalue weighted by molar-refractivity contribution is -0.141. The van der Waals surface area contributed by atoms with Crippen LogP contribution >= 0.6 is 0 Å². The van der Waals surface area contributed by atoms with E-state index in [0.717, 1.165) is 51.0 Å². The van der Waals surface area contributed by atoms with Gasteiger partial charge < -0.3 is 10.6 Å². The average molecular weight is 329 g/mol. The second kappa shape index (κ2) is 7.34. The summed E-state index contributed by atoms with van der Waals surface area (Å²) >= 11 is 0. The molecule has 5 nitrogen and oxygen atoms in total. The molecule has 3 rings (SSSR count). The van der Waals surface area contributed by atoms with Crippen LogP contribution in [0.1, 0.15) is 37.7 Å². The highest BCUT2D eigenvalue weighted by molar-refractivity contribution is 5.84. The van der Waals surface area contributed by atoms with Gasteiger partial charge in [0.2, 0.25) is 11.8 Å². The summed E-state index contributed by atoms with van der Waals surface area (Å²) in [6.07, 6.45) is 2.52. The Bertz CT molecular complexity index is 576. The van der Waals surface area contributed by atoms with Crippen molar-refractivity contribution in [2.75, 3.05) is 26.2 Å². The Morgan fingerprint density at radius 2 is 1.79 bits per heavy atom. The van der Waals surface area contributed by atoms with Gasteiger partial charge in [0, 0.05) is 25.0 Å². The van der Waals surface area contributed by atoms with Crippen LogP contribution in [0, 0.1) is 5.92 Å². The number of nitrogens with two attached hydrogens (primary N) is 1. The molecule has 0 radical (unpaired) electrons. The first-order valence-corrected chi connectivity index (χ1v) is 8.97. The van der Waals surface area contributed by atoms with E-state index in [1.165, 1.54) is 0 Å². The molecule has 1 aromatic carbocycles. The Balaban J connectivity index is 1.51. The topological polar surface area (TPSA) is 66.6 Å². The molecule has 0 saturated carbocycles. The lowest BCUT2D eigenvalue weighted by Crippen LogP contribution is -2.63. The fraction of sp³-hybridized carbons (Fsp3) is 0.579. The smallest absolute Gasteiger partial charge is 0.230 e. The first kappa shape index (κ1) is 17.0. The number of likely N-dealkylation sites (tertiary alicyclic amines) is 2. The largest absolute Gasteiger partial charge is 0.369 e.